The Bertz CT molecular complexity index is 498. The van der Waals surface area contributed by atoms with Crippen molar-refractivity contribution < 1.29 is 9.59 Å². The first-order valence-corrected chi connectivity index (χ1v) is 8.49. The number of halogens is 1. The van der Waals surface area contributed by atoms with Crippen LogP contribution in [-0.2, 0) is 4.79 Å². The fraction of sp³-hybridized carbons (Fsp3) is 0.529. The van der Waals surface area contributed by atoms with Crippen LogP contribution >= 0.6 is 15.9 Å². The first-order valence-electron chi connectivity index (χ1n) is 7.70. The van der Waals surface area contributed by atoms with Gasteiger partial charge >= 0.3 is 0 Å². The standard InChI is InChI=1S/C17H22BrNO2/c1-2-15-5-3-4-12-19(15)17(21)11-10-16(20)13-6-8-14(18)9-7-13/h6-9,15H,2-5,10-12H2,1H3. The Kier molecular flexibility index (Phi) is 5.97. The fourth-order valence-corrected chi connectivity index (χ4v) is 3.16. The smallest absolute Gasteiger partial charge is 0.223 e. The van der Waals surface area contributed by atoms with Gasteiger partial charge in [0.15, 0.2) is 5.78 Å². The zero-order valence-corrected chi connectivity index (χ0v) is 14.1. The Morgan fingerprint density at radius 1 is 1.19 bits per heavy atom. The number of hydrogen-bond donors (Lipinski definition) is 0. The summed E-state index contributed by atoms with van der Waals surface area (Å²) in [6.45, 7) is 2.98. The van der Waals surface area contributed by atoms with Gasteiger partial charge in [0.2, 0.25) is 5.91 Å². The van der Waals surface area contributed by atoms with E-state index in [1.807, 2.05) is 17.0 Å². The predicted molar refractivity (Wildman–Crippen MR) is 87.3 cm³/mol. The Labute approximate surface area is 134 Å². The van der Waals surface area contributed by atoms with Gasteiger partial charge in [0.05, 0.1) is 0 Å². The number of rotatable bonds is 5. The number of carbonyl (C=O) groups is 2. The van der Waals surface area contributed by atoms with Gasteiger partial charge in [0.25, 0.3) is 0 Å². The number of amides is 1. The van der Waals surface area contributed by atoms with E-state index < -0.39 is 0 Å². The lowest BCUT2D eigenvalue weighted by molar-refractivity contribution is -0.134. The van der Waals surface area contributed by atoms with Gasteiger partial charge in [0.1, 0.15) is 0 Å². The van der Waals surface area contributed by atoms with Crippen molar-refractivity contribution in [2.75, 3.05) is 6.54 Å². The van der Waals surface area contributed by atoms with E-state index in [2.05, 4.69) is 22.9 Å². The van der Waals surface area contributed by atoms with Gasteiger partial charge < -0.3 is 4.90 Å². The van der Waals surface area contributed by atoms with Gasteiger partial charge in [-0.05, 0) is 37.8 Å². The number of Topliss-reactive ketones (excluding diaryl/α,β-unsaturated/α-hetero) is 1. The molecule has 0 N–H and O–H groups in total. The summed E-state index contributed by atoms with van der Waals surface area (Å²) in [5.41, 5.74) is 0.677. The zero-order valence-electron chi connectivity index (χ0n) is 12.5. The van der Waals surface area contributed by atoms with E-state index >= 15 is 0 Å². The Balaban J connectivity index is 1.88. The van der Waals surface area contributed by atoms with Crippen LogP contribution in [0.5, 0.6) is 0 Å². The molecule has 1 aromatic rings. The number of nitrogens with zero attached hydrogens (tertiary/aromatic N) is 1. The highest BCUT2D eigenvalue weighted by Gasteiger charge is 2.25. The van der Waals surface area contributed by atoms with Gasteiger partial charge in [-0.3, -0.25) is 9.59 Å². The Hall–Kier alpha value is -1.16. The number of piperidine rings is 1. The summed E-state index contributed by atoms with van der Waals surface area (Å²) in [6.07, 6.45) is 5.02. The minimum absolute atomic E-state index is 0.0425. The summed E-state index contributed by atoms with van der Waals surface area (Å²) < 4.78 is 0.953. The molecule has 4 heteroatoms. The molecule has 21 heavy (non-hydrogen) atoms. The quantitative estimate of drug-likeness (QED) is 0.745. The van der Waals surface area contributed by atoms with Gasteiger partial charge in [-0.15, -0.1) is 0 Å². The van der Waals surface area contributed by atoms with Crippen LogP contribution in [0.15, 0.2) is 28.7 Å². The van der Waals surface area contributed by atoms with E-state index in [0.717, 1.165) is 30.3 Å². The van der Waals surface area contributed by atoms with Crippen molar-refractivity contribution in [3.63, 3.8) is 0 Å². The van der Waals surface area contributed by atoms with Crippen molar-refractivity contribution in [3.05, 3.63) is 34.3 Å². The first-order chi connectivity index (χ1) is 10.1. The van der Waals surface area contributed by atoms with E-state index in [4.69, 9.17) is 0 Å². The van der Waals surface area contributed by atoms with Crippen LogP contribution in [0.2, 0.25) is 0 Å². The Morgan fingerprint density at radius 3 is 2.57 bits per heavy atom. The van der Waals surface area contributed by atoms with Crippen molar-refractivity contribution in [2.45, 2.75) is 51.5 Å². The summed E-state index contributed by atoms with van der Waals surface area (Å²) in [4.78, 5) is 26.4. The third kappa shape index (κ3) is 4.40. The number of benzene rings is 1. The molecule has 114 valence electrons. The SMILES string of the molecule is CCC1CCCCN1C(=O)CCC(=O)c1ccc(Br)cc1. The van der Waals surface area contributed by atoms with Gasteiger partial charge in [0, 0.05) is 35.5 Å². The van der Waals surface area contributed by atoms with Crippen molar-refractivity contribution in [1.82, 2.24) is 4.90 Å². The van der Waals surface area contributed by atoms with Crippen LogP contribution in [-0.4, -0.2) is 29.2 Å². The maximum absolute atomic E-state index is 12.3. The van der Waals surface area contributed by atoms with Gasteiger partial charge in [-0.2, -0.15) is 0 Å². The lowest BCUT2D eigenvalue weighted by Gasteiger charge is -2.35. The van der Waals surface area contributed by atoms with Crippen LogP contribution in [0.1, 0.15) is 55.8 Å². The molecule has 1 unspecified atom stereocenters. The largest absolute Gasteiger partial charge is 0.340 e. The number of hydrogen-bond acceptors (Lipinski definition) is 2. The molecular weight excluding hydrogens is 330 g/mol. The molecule has 1 amide bonds. The van der Waals surface area contributed by atoms with Crippen LogP contribution in [0, 0.1) is 0 Å². The van der Waals surface area contributed by atoms with E-state index in [-0.39, 0.29) is 11.7 Å². The van der Waals surface area contributed by atoms with Crippen LogP contribution in [0.4, 0.5) is 0 Å². The van der Waals surface area contributed by atoms with Crippen molar-refractivity contribution in [3.8, 4) is 0 Å². The molecule has 0 saturated carbocycles. The molecule has 0 spiro atoms. The molecule has 1 heterocycles. The highest BCUT2D eigenvalue weighted by molar-refractivity contribution is 9.10. The minimum Gasteiger partial charge on any atom is -0.340 e. The number of carbonyl (C=O) groups excluding carboxylic acids is 2. The topological polar surface area (TPSA) is 37.4 Å². The average Bonchev–Trinajstić information content (AvgIpc) is 2.52. The second kappa shape index (κ2) is 7.74. The van der Waals surface area contributed by atoms with Gasteiger partial charge in [-0.25, -0.2) is 0 Å². The number of ketones is 1. The molecule has 2 rings (SSSR count). The molecular formula is C17H22BrNO2. The predicted octanol–water partition coefficient (Wildman–Crippen LogP) is 4.20. The van der Waals surface area contributed by atoms with E-state index in [0.29, 0.717) is 24.4 Å². The van der Waals surface area contributed by atoms with Crippen LogP contribution in [0.3, 0.4) is 0 Å². The third-order valence-corrected chi connectivity index (χ3v) is 4.68. The fourth-order valence-electron chi connectivity index (χ4n) is 2.90. The highest BCUT2D eigenvalue weighted by atomic mass is 79.9. The molecule has 1 aromatic carbocycles. The lowest BCUT2D eigenvalue weighted by Crippen LogP contribution is -2.43. The minimum atomic E-state index is 0.0425. The molecule has 1 fully saturated rings. The number of likely N-dealkylation sites (tertiary alicyclic amines) is 1. The van der Waals surface area contributed by atoms with Crippen molar-refractivity contribution in [2.24, 2.45) is 0 Å². The molecule has 0 aliphatic carbocycles. The molecule has 1 aliphatic rings. The van der Waals surface area contributed by atoms with Crippen LogP contribution < -0.4 is 0 Å². The third-order valence-electron chi connectivity index (χ3n) is 4.15. The monoisotopic (exact) mass is 351 g/mol. The highest BCUT2D eigenvalue weighted by Crippen LogP contribution is 2.21. The summed E-state index contributed by atoms with van der Waals surface area (Å²) >= 11 is 3.35. The van der Waals surface area contributed by atoms with Crippen molar-refractivity contribution in [1.29, 1.82) is 0 Å². The summed E-state index contributed by atoms with van der Waals surface area (Å²) in [5, 5.41) is 0. The molecule has 0 radical (unpaired) electrons. The molecule has 0 bridgehead atoms. The summed E-state index contributed by atoms with van der Waals surface area (Å²) in [7, 11) is 0. The normalized spacial score (nSPS) is 18.6. The first kappa shape index (κ1) is 16.2. The van der Waals surface area contributed by atoms with Crippen molar-refractivity contribution >= 4 is 27.6 Å². The molecule has 1 saturated heterocycles. The molecule has 1 aliphatic heterocycles. The van der Waals surface area contributed by atoms with E-state index in [1.54, 1.807) is 12.1 Å². The zero-order chi connectivity index (χ0) is 15.2. The second-order valence-corrected chi connectivity index (χ2v) is 6.49. The second-order valence-electron chi connectivity index (χ2n) is 5.58. The summed E-state index contributed by atoms with van der Waals surface area (Å²) in [6, 6.07) is 7.67. The van der Waals surface area contributed by atoms with Crippen LogP contribution in [0.25, 0.3) is 0 Å². The summed E-state index contributed by atoms with van der Waals surface area (Å²) in [5.74, 6) is 0.174. The molecule has 0 aromatic heterocycles. The maximum Gasteiger partial charge on any atom is 0.223 e. The lowest BCUT2D eigenvalue weighted by atomic mass is 9.99. The molecule has 3 nitrogen and oxygen atoms in total. The van der Waals surface area contributed by atoms with E-state index in [1.165, 1.54) is 6.42 Å². The average molecular weight is 352 g/mol. The maximum atomic E-state index is 12.3. The van der Waals surface area contributed by atoms with E-state index in [9.17, 15) is 9.59 Å². The molecule has 1 atom stereocenters. The Morgan fingerprint density at radius 2 is 1.90 bits per heavy atom. The van der Waals surface area contributed by atoms with Gasteiger partial charge in [-0.1, -0.05) is 35.0 Å².